The molecule has 23 heavy (non-hydrogen) atoms. The molecule has 11 heteroatoms. The number of nitrogens with one attached hydrogen (secondary N) is 1. The van der Waals surface area contributed by atoms with Gasteiger partial charge < -0.3 is 11.1 Å². The largest absolute Gasteiger partial charge is 0.501 e. The summed E-state index contributed by atoms with van der Waals surface area (Å²) in [6.45, 7) is 3.25. The van der Waals surface area contributed by atoms with Crippen LogP contribution in [0.1, 0.15) is 10.4 Å². The molecule has 1 rings (SSSR count). The number of sulfone groups is 1. The standard InChI is InChI=1S/C12H10ClF3N2O4S/c1-2-9(10(17)19)18-11(20)6-3-7(13)5-8(4-6)23(21,22)12(14,15)16/h2-5,9H,1H2,(H2,17,19)(H,18,20). The third kappa shape index (κ3) is 4.23. The Hall–Kier alpha value is -2.07. The summed E-state index contributed by atoms with van der Waals surface area (Å²) >= 11 is 5.56. The van der Waals surface area contributed by atoms with Crippen LogP contribution in [0.4, 0.5) is 13.2 Å². The smallest absolute Gasteiger partial charge is 0.368 e. The second-order valence-electron chi connectivity index (χ2n) is 4.21. The van der Waals surface area contributed by atoms with Crippen LogP contribution >= 0.6 is 11.6 Å². The third-order valence-electron chi connectivity index (χ3n) is 2.58. The molecule has 2 amide bonds. The Morgan fingerprint density at radius 2 is 1.87 bits per heavy atom. The highest BCUT2D eigenvalue weighted by Gasteiger charge is 2.47. The lowest BCUT2D eigenvalue weighted by Crippen LogP contribution is -2.43. The van der Waals surface area contributed by atoms with Crippen LogP contribution in [0, 0.1) is 0 Å². The van der Waals surface area contributed by atoms with Gasteiger partial charge in [0.2, 0.25) is 5.91 Å². The molecular weight excluding hydrogens is 361 g/mol. The molecule has 126 valence electrons. The van der Waals surface area contributed by atoms with Gasteiger partial charge in [-0.1, -0.05) is 17.7 Å². The number of hydrogen-bond acceptors (Lipinski definition) is 4. The summed E-state index contributed by atoms with van der Waals surface area (Å²) in [5.41, 5.74) is -1.08. The number of carbonyl (C=O) groups is 2. The number of benzene rings is 1. The normalized spacial score (nSPS) is 13.2. The summed E-state index contributed by atoms with van der Waals surface area (Å²) in [5, 5.41) is 1.65. The van der Waals surface area contributed by atoms with Gasteiger partial charge in [0.15, 0.2) is 0 Å². The summed E-state index contributed by atoms with van der Waals surface area (Å²) in [5.74, 6) is -2.01. The van der Waals surface area contributed by atoms with Gasteiger partial charge in [-0.2, -0.15) is 13.2 Å². The first-order valence-electron chi connectivity index (χ1n) is 5.75. The average molecular weight is 371 g/mol. The van der Waals surface area contributed by atoms with Crippen molar-refractivity contribution in [3.63, 3.8) is 0 Å². The van der Waals surface area contributed by atoms with Crippen LogP contribution in [0.3, 0.4) is 0 Å². The van der Waals surface area contributed by atoms with E-state index in [4.69, 9.17) is 17.3 Å². The van der Waals surface area contributed by atoms with Gasteiger partial charge in [0.05, 0.1) is 4.90 Å². The highest BCUT2D eigenvalue weighted by molar-refractivity contribution is 7.92. The van der Waals surface area contributed by atoms with Crippen LogP contribution in [0.2, 0.25) is 5.02 Å². The molecule has 6 nitrogen and oxygen atoms in total. The van der Waals surface area contributed by atoms with Crippen LogP contribution in [0.25, 0.3) is 0 Å². The van der Waals surface area contributed by atoms with Gasteiger partial charge in [-0.05, 0) is 18.2 Å². The van der Waals surface area contributed by atoms with E-state index in [1.165, 1.54) is 0 Å². The van der Waals surface area contributed by atoms with Crippen molar-refractivity contribution < 1.29 is 31.2 Å². The van der Waals surface area contributed by atoms with Crippen molar-refractivity contribution in [2.75, 3.05) is 0 Å². The molecule has 0 aromatic heterocycles. The summed E-state index contributed by atoms with van der Waals surface area (Å²) in [6, 6.07) is 0.697. The van der Waals surface area contributed by atoms with E-state index < -0.39 is 48.7 Å². The number of primary amides is 1. The second-order valence-corrected chi connectivity index (χ2v) is 6.59. The molecule has 0 spiro atoms. The Balaban J connectivity index is 3.29. The number of amides is 2. The Labute approximate surface area is 134 Å². The number of rotatable bonds is 5. The van der Waals surface area contributed by atoms with Gasteiger partial charge in [0, 0.05) is 10.6 Å². The monoisotopic (exact) mass is 370 g/mol. The molecule has 0 saturated carbocycles. The van der Waals surface area contributed by atoms with E-state index in [2.05, 4.69) is 11.9 Å². The average Bonchev–Trinajstić information content (AvgIpc) is 2.42. The molecule has 0 heterocycles. The molecule has 0 saturated heterocycles. The lowest BCUT2D eigenvalue weighted by molar-refractivity contribution is -0.118. The second kappa shape index (κ2) is 6.59. The molecule has 0 radical (unpaired) electrons. The molecule has 0 fully saturated rings. The van der Waals surface area contributed by atoms with E-state index in [0.29, 0.717) is 12.1 Å². The van der Waals surface area contributed by atoms with Crippen LogP contribution in [-0.2, 0) is 14.6 Å². The molecule has 0 aliphatic rings. The van der Waals surface area contributed by atoms with Crippen molar-refractivity contribution in [3.05, 3.63) is 41.4 Å². The van der Waals surface area contributed by atoms with Crippen molar-refractivity contribution >= 4 is 33.3 Å². The highest BCUT2D eigenvalue weighted by atomic mass is 35.5. The quantitative estimate of drug-likeness (QED) is 0.764. The molecule has 1 aromatic carbocycles. The molecule has 0 aliphatic heterocycles. The summed E-state index contributed by atoms with van der Waals surface area (Å²) in [6.07, 6.45) is 0.998. The molecule has 1 atom stereocenters. The Morgan fingerprint density at radius 1 is 1.30 bits per heavy atom. The van der Waals surface area contributed by atoms with E-state index in [9.17, 15) is 31.2 Å². The fourth-order valence-electron chi connectivity index (χ4n) is 1.45. The number of hydrogen-bond donors (Lipinski definition) is 2. The van der Waals surface area contributed by atoms with Crippen molar-refractivity contribution in [2.45, 2.75) is 16.4 Å². The fourth-order valence-corrected chi connectivity index (χ4v) is 2.58. The zero-order chi connectivity index (χ0) is 18.0. The van der Waals surface area contributed by atoms with Gasteiger partial charge in [-0.15, -0.1) is 6.58 Å². The molecule has 1 aromatic rings. The minimum Gasteiger partial charge on any atom is -0.368 e. The highest BCUT2D eigenvalue weighted by Crippen LogP contribution is 2.32. The first kappa shape index (κ1) is 19.0. The number of nitrogens with two attached hydrogens (primary N) is 1. The van der Waals surface area contributed by atoms with Gasteiger partial charge in [-0.3, -0.25) is 9.59 Å². The molecular formula is C12H10ClF3N2O4S. The van der Waals surface area contributed by atoms with E-state index in [0.717, 1.165) is 12.1 Å². The maximum absolute atomic E-state index is 12.5. The van der Waals surface area contributed by atoms with Crippen LogP contribution in [0.15, 0.2) is 35.7 Å². The predicted octanol–water partition coefficient (Wildman–Crippen LogP) is 1.40. The first-order valence-corrected chi connectivity index (χ1v) is 7.61. The fraction of sp³-hybridized carbons (Fsp3) is 0.167. The molecule has 0 bridgehead atoms. The molecule has 0 aliphatic carbocycles. The maximum Gasteiger partial charge on any atom is 0.501 e. The minimum atomic E-state index is -5.68. The summed E-state index contributed by atoms with van der Waals surface area (Å²) in [4.78, 5) is 21.7. The van der Waals surface area contributed by atoms with Gasteiger partial charge in [-0.25, -0.2) is 8.42 Å². The number of alkyl halides is 3. The van der Waals surface area contributed by atoms with Crippen molar-refractivity contribution in [3.8, 4) is 0 Å². The Morgan fingerprint density at radius 3 is 2.30 bits per heavy atom. The summed E-state index contributed by atoms with van der Waals surface area (Å²) in [7, 11) is -5.68. The third-order valence-corrected chi connectivity index (χ3v) is 4.26. The topological polar surface area (TPSA) is 106 Å². The molecule has 1 unspecified atom stereocenters. The Bertz CT molecular complexity index is 762. The van der Waals surface area contributed by atoms with E-state index >= 15 is 0 Å². The zero-order valence-corrected chi connectivity index (χ0v) is 12.8. The van der Waals surface area contributed by atoms with Crippen LogP contribution < -0.4 is 11.1 Å². The summed E-state index contributed by atoms with van der Waals surface area (Å²) < 4.78 is 60.4. The van der Waals surface area contributed by atoms with Crippen molar-refractivity contribution in [1.29, 1.82) is 0 Å². The number of carbonyl (C=O) groups excluding carboxylic acids is 2. The van der Waals surface area contributed by atoms with Gasteiger partial charge in [0.1, 0.15) is 6.04 Å². The van der Waals surface area contributed by atoms with Gasteiger partial charge >= 0.3 is 5.51 Å². The zero-order valence-electron chi connectivity index (χ0n) is 11.2. The van der Waals surface area contributed by atoms with Crippen molar-refractivity contribution in [2.24, 2.45) is 5.73 Å². The van der Waals surface area contributed by atoms with E-state index in [1.807, 2.05) is 0 Å². The number of halogens is 4. The van der Waals surface area contributed by atoms with Crippen molar-refractivity contribution in [1.82, 2.24) is 5.32 Å². The maximum atomic E-state index is 12.5. The van der Waals surface area contributed by atoms with E-state index in [-0.39, 0.29) is 0 Å². The Kier molecular flexibility index (Phi) is 5.43. The molecule has 3 N–H and O–H groups in total. The predicted molar refractivity (Wildman–Crippen MR) is 75.3 cm³/mol. The SMILES string of the molecule is C=CC(NC(=O)c1cc(Cl)cc(S(=O)(=O)C(F)(F)F)c1)C(N)=O. The van der Waals surface area contributed by atoms with Crippen LogP contribution in [0.5, 0.6) is 0 Å². The van der Waals surface area contributed by atoms with E-state index in [1.54, 1.807) is 0 Å². The minimum absolute atomic E-state index is 0.408. The lowest BCUT2D eigenvalue weighted by atomic mass is 10.2. The van der Waals surface area contributed by atoms with Crippen LogP contribution in [-0.4, -0.2) is 31.8 Å². The van der Waals surface area contributed by atoms with Gasteiger partial charge in [0.25, 0.3) is 15.7 Å². The lowest BCUT2D eigenvalue weighted by Gasteiger charge is -2.13. The first-order chi connectivity index (χ1) is 10.4.